The van der Waals surface area contributed by atoms with Crippen LogP contribution >= 0.6 is 0 Å². The lowest BCUT2D eigenvalue weighted by Crippen LogP contribution is -2.47. The van der Waals surface area contributed by atoms with Gasteiger partial charge in [0, 0.05) is 16.8 Å². The number of nitrogens with one attached hydrogen (secondary N) is 1. The number of carbonyl (C=O) groups is 2. The van der Waals surface area contributed by atoms with E-state index in [4.69, 9.17) is 4.99 Å². The molecule has 0 aromatic heterocycles. The Morgan fingerprint density at radius 3 is 2.26 bits per heavy atom. The smallest absolute Gasteiger partial charge is 0.210 e. The van der Waals surface area contributed by atoms with Crippen LogP contribution in [0.2, 0.25) is 0 Å². The van der Waals surface area contributed by atoms with Crippen molar-refractivity contribution in [1.82, 2.24) is 0 Å². The molecule has 4 nitrogen and oxygen atoms in total. The fraction of sp³-hybridized carbons (Fsp3) is 0.348. The van der Waals surface area contributed by atoms with E-state index < -0.39 is 6.04 Å². The summed E-state index contributed by atoms with van der Waals surface area (Å²) in [7, 11) is 0. The number of rotatable bonds is 3. The van der Waals surface area contributed by atoms with Gasteiger partial charge in [-0.05, 0) is 31.9 Å². The van der Waals surface area contributed by atoms with Crippen molar-refractivity contribution in [2.45, 2.75) is 51.1 Å². The van der Waals surface area contributed by atoms with Crippen molar-refractivity contribution in [2.24, 2.45) is 4.99 Å². The average molecular weight is 360 g/mol. The Bertz CT molecular complexity index is 893. The van der Waals surface area contributed by atoms with Gasteiger partial charge >= 0.3 is 0 Å². The maximum Gasteiger partial charge on any atom is 0.210 e. The van der Waals surface area contributed by atoms with E-state index >= 15 is 0 Å². The molecule has 4 heteroatoms. The molecule has 1 fully saturated rings. The average Bonchev–Trinajstić information content (AvgIpc) is 2.71. The molecule has 0 radical (unpaired) electrons. The van der Waals surface area contributed by atoms with Gasteiger partial charge in [-0.2, -0.15) is 0 Å². The first kappa shape index (κ1) is 17.7. The number of aliphatic imine (C=N–C) groups is 1. The molecule has 0 aliphatic heterocycles. The van der Waals surface area contributed by atoms with Gasteiger partial charge in [0.2, 0.25) is 5.78 Å². The normalized spacial score (nSPS) is 22.0. The summed E-state index contributed by atoms with van der Waals surface area (Å²) in [6, 6.07) is 14.3. The van der Waals surface area contributed by atoms with Crippen molar-refractivity contribution < 1.29 is 9.59 Å². The predicted molar refractivity (Wildman–Crippen MR) is 108 cm³/mol. The SMILES string of the molecule is Cc1ccc(N[C@@H]2C(=O)c3ccccc3C(=O)C2=NC2CCCCC2)cc1. The topological polar surface area (TPSA) is 58.5 Å². The molecule has 2 aliphatic carbocycles. The first-order valence-electron chi connectivity index (χ1n) is 9.72. The number of carbonyl (C=O) groups excluding carboxylic acids is 2. The highest BCUT2D eigenvalue weighted by molar-refractivity contribution is 6.56. The van der Waals surface area contributed by atoms with Crippen molar-refractivity contribution in [3.05, 3.63) is 65.2 Å². The highest BCUT2D eigenvalue weighted by Gasteiger charge is 2.38. The molecule has 0 spiro atoms. The summed E-state index contributed by atoms with van der Waals surface area (Å²) in [5, 5.41) is 3.27. The van der Waals surface area contributed by atoms with Gasteiger partial charge in [0.15, 0.2) is 5.78 Å². The molecular formula is C23H24N2O2. The molecule has 27 heavy (non-hydrogen) atoms. The van der Waals surface area contributed by atoms with E-state index in [2.05, 4.69) is 5.32 Å². The van der Waals surface area contributed by atoms with Gasteiger partial charge in [-0.15, -0.1) is 0 Å². The quantitative estimate of drug-likeness (QED) is 0.868. The Labute approximate surface area is 159 Å². The van der Waals surface area contributed by atoms with E-state index in [0.717, 1.165) is 36.9 Å². The zero-order valence-electron chi connectivity index (χ0n) is 15.6. The Hall–Kier alpha value is -2.75. The van der Waals surface area contributed by atoms with Gasteiger partial charge in [-0.1, -0.05) is 61.2 Å². The van der Waals surface area contributed by atoms with Gasteiger partial charge in [0.1, 0.15) is 11.8 Å². The summed E-state index contributed by atoms with van der Waals surface area (Å²) >= 11 is 0. The number of nitrogens with zero attached hydrogens (tertiary/aromatic N) is 1. The maximum absolute atomic E-state index is 13.2. The molecule has 0 bridgehead atoms. The van der Waals surface area contributed by atoms with Crippen LogP contribution in [0.3, 0.4) is 0 Å². The molecule has 138 valence electrons. The van der Waals surface area contributed by atoms with E-state index in [1.807, 2.05) is 31.2 Å². The van der Waals surface area contributed by atoms with E-state index in [-0.39, 0.29) is 17.6 Å². The van der Waals surface area contributed by atoms with Gasteiger partial charge in [0.25, 0.3) is 0 Å². The van der Waals surface area contributed by atoms with Crippen LogP contribution in [0.1, 0.15) is 58.4 Å². The van der Waals surface area contributed by atoms with Gasteiger partial charge < -0.3 is 5.32 Å². The second-order valence-corrected chi connectivity index (χ2v) is 7.49. The fourth-order valence-electron chi connectivity index (χ4n) is 3.94. The predicted octanol–water partition coefficient (Wildman–Crippen LogP) is 4.63. The van der Waals surface area contributed by atoms with Gasteiger partial charge in [0.05, 0.1) is 6.04 Å². The largest absolute Gasteiger partial charge is 0.370 e. The number of hydrogen-bond donors (Lipinski definition) is 1. The lowest BCUT2D eigenvalue weighted by molar-refractivity contribution is 0.0954. The number of aryl methyl sites for hydroxylation is 1. The molecule has 2 aromatic rings. The Balaban J connectivity index is 1.74. The number of hydrogen-bond acceptors (Lipinski definition) is 4. The molecule has 2 aliphatic rings. The summed E-state index contributed by atoms with van der Waals surface area (Å²) in [4.78, 5) is 31.2. The summed E-state index contributed by atoms with van der Waals surface area (Å²) in [6.45, 7) is 2.02. The number of anilines is 1. The third kappa shape index (κ3) is 3.57. The highest BCUT2D eigenvalue weighted by Crippen LogP contribution is 2.26. The summed E-state index contributed by atoms with van der Waals surface area (Å²) in [5.41, 5.74) is 3.29. The molecule has 1 N–H and O–H groups in total. The molecule has 0 heterocycles. The zero-order chi connectivity index (χ0) is 18.8. The molecule has 1 atom stereocenters. The Kier molecular flexibility index (Phi) is 4.88. The minimum absolute atomic E-state index is 0.0830. The molecule has 0 unspecified atom stereocenters. The van der Waals surface area contributed by atoms with Crippen LogP contribution < -0.4 is 5.32 Å². The Morgan fingerprint density at radius 1 is 0.889 bits per heavy atom. The Morgan fingerprint density at radius 2 is 1.56 bits per heavy atom. The maximum atomic E-state index is 13.2. The number of benzene rings is 2. The van der Waals surface area contributed by atoms with Gasteiger partial charge in [-0.25, -0.2) is 0 Å². The van der Waals surface area contributed by atoms with Crippen LogP contribution in [0.4, 0.5) is 5.69 Å². The minimum atomic E-state index is -0.725. The second kappa shape index (κ2) is 7.47. The van der Waals surface area contributed by atoms with E-state index in [9.17, 15) is 9.59 Å². The minimum Gasteiger partial charge on any atom is -0.370 e. The lowest BCUT2D eigenvalue weighted by Gasteiger charge is -2.28. The first-order chi connectivity index (χ1) is 13.1. The highest BCUT2D eigenvalue weighted by atomic mass is 16.1. The van der Waals surface area contributed by atoms with Crippen molar-refractivity contribution in [3.8, 4) is 0 Å². The van der Waals surface area contributed by atoms with Crippen LogP contribution in [0.5, 0.6) is 0 Å². The monoisotopic (exact) mass is 360 g/mol. The first-order valence-corrected chi connectivity index (χ1v) is 9.72. The standard InChI is InChI=1S/C23H24N2O2/c1-15-11-13-17(14-12-15)25-21-20(24-16-7-3-2-4-8-16)22(26)18-9-5-6-10-19(18)23(21)27/h5-6,9-14,16,21,25H,2-4,7-8H2,1H3/t21-/m0/s1. The lowest BCUT2D eigenvalue weighted by atomic mass is 9.83. The van der Waals surface area contributed by atoms with Crippen LogP contribution in [0, 0.1) is 6.92 Å². The molecule has 0 amide bonds. The fourth-order valence-corrected chi connectivity index (χ4v) is 3.94. The molecule has 4 rings (SSSR count). The van der Waals surface area contributed by atoms with Gasteiger partial charge in [-0.3, -0.25) is 14.6 Å². The van der Waals surface area contributed by atoms with Crippen LogP contribution in [-0.4, -0.2) is 29.4 Å². The zero-order valence-corrected chi connectivity index (χ0v) is 15.6. The summed E-state index contributed by atoms with van der Waals surface area (Å²) < 4.78 is 0. The number of Topliss-reactive ketones (excluding diaryl/α,β-unsaturated/α-hetero) is 2. The summed E-state index contributed by atoms with van der Waals surface area (Å²) in [5.74, 6) is -0.208. The van der Waals surface area contributed by atoms with Crippen LogP contribution in [-0.2, 0) is 0 Å². The van der Waals surface area contributed by atoms with Crippen molar-refractivity contribution in [3.63, 3.8) is 0 Å². The molecular weight excluding hydrogens is 336 g/mol. The molecule has 2 aromatic carbocycles. The number of ketones is 2. The van der Waals surface area contributed by atoms with Crippen LogP contribution in [0.25, 0.3) is 0 Å². The molecule has 1 saturated carbocycles. The van der Waals surface area contributed by atoms with Crippen LogP contribution in [0.15, 0.2) is 53.5 Å². The third-order valence-electron chi connectivity index (χ3n) is 5.46. The molecule has 0 saturated heterocycles. The van der Waals surface area contributed by atoms with Crippen molar-refractivity contribution in [2.75, 3.05) is 5.32 Å². The number of fused-ring (bicyclic) bond motifs is 1. The van der Waals surface area contributed by atoms with Crippen molar-refractivity contribution >= 4 is 23.0 Å². The second-order valence-electron chi connectivity index (χ2n) is 7.49. The summed E-state index contributed by atoms with van der Waals surface area (Å²) in [6.07, 6.45) is 5.47. The van der Waals surface area contributed by atoms with E-state index in [1.54, 1.807) is 24.3 Å². The van der Waals surface area contributed by atoms with E-state index in [1.165, 1.54) is 6.42 Å². The van der Waals surface area contributed by atoms with Crippen molar-refractivity contribution in [1.29, 1.82) is 0 Å². The van der Waals surface area contributed by atoms with E-state index in [0.29, 0.717) is 16.8 Å². The third-order valence-corrected chi connectivity index (χ3v) is 5.46.